The van der Waals surface area contributed by atoms with Crippen molar-refractivity contribution < 1.29 is 14.3 Å². The van der Waals surface area contributed by atoms with Crippen molar-refractivity contribution in [3.8, 4) is 11.5 Å². The lowest BCUT2D eigenvalue weighted by Crippen LogP contribution is -2.27. The number of benzene rings is 2. The van der Waals surface area contributed by atoms with E-state index in [1.54, 1.807) is 20.1 Å². The molecule has 1 amide bonds. The minimum absolute atomic E-state index is 0.281. The maximum Gasteiger partial charge on any atom is 0.270 e. The number of amides is 1. The SMILES string of the molecule is COc1cccc(/C=C(/C(=O)NCc2cccc(OC3CCCCC3)c2)n2nnnc2C)c1. The minimum Gasteiger partial charge on any atom is -0.497 e. The van der Waals surface area contributed by atoms with E-state index in [9.17, 15) is 4.79 Å². The van der Waals surface area contributed by atoms with Crippen molar-refractivity contribution in [2.45, 2.75) is 51.7 Å². The summed E-state index contributed by atoms with van der Waals surface area (Å²) in [6.45, 7) is 2.11. The Morgan fingerprint density at radius 3 is 2.67 bits per heavy atom. The second kappa shape index (κ2) is 10.8. The van der Waals surface area contributed by atoms with Gasteiger partial charge in [-0.1, -0.05) is 30.7 Å². The molecular weight excluding hydrogens is 418 g/mol. The van der Waals surface area contributed by atoms with E-state index in [1.807, 2.05) is 48.5 Å². The first-order valence-corrected chi connectivity index (χ1v) is 11.3. The highest BCUT2D eigenvalue weighted by Gasteiger charge is 2.17. The van der Waals surface area contributed by atoms with Crippen molar-refractivity contribution in [2.24, 2.45) is 0 Å². The number of rotatable bonds is 8. The summed E-state index contributed by atoms with van der Waals surface area (Å²) in [7, 11) is 1.61. The molecule has 0 aliphatic heterocycles. The first kappa shape index (κ1) is 22.5. The van der Waals surface area contributed by atoms with Gasteiger partial charge in [-0.05, 0) is 84.5 Å². The van der Waals surface area contributed by atoms with Gasteiger partial charge in [0.1, 0.15) is 17.2 Å². The van der Waals surface area contributed by atoms with Crippen LogP contribution in [0.4, 0.5) is 0 Å². The van der Waals surface area contributed by atoms with Crippen LogP contribution in [-0.2, 0) is 11.3 Å². The Kier molecular flexibility index (Phi) is 7.34. The van der Waals surface area contributed by atoms with Crippen LogP contribution in [0.1, 0.15) is 49.1 Å². The van der Waals surface area contributed by atoms with Gasteiger partial charge in [0.2, 0.25) is 0 Å². The number of carbonyl (C=O) groups is 1. The second-order valence-electron chi connectivity index (χ2n) is 8.15. The molecule has 1 N–H and O–H groups in total. The smallest absolute Gasteiger partial charge is 0.270 e. The maximum atomic E-state index is 13.2. The summed E-state index contributed by atoms with van der Waals surface area (Å²) >= 11 is 0. The van der Waals surface area contributed by atoms with Gasteiger partial charge in [0.25, 0.3) is 5.91 Å². The van der Waals surface area contributed by atoms with E-state index >= 15 is 0 Å². The number of aryl methyl sites for hydroxylation is 1. The van der Waals surface area contributed by atoms with E-state index in [1.165, 1.54) is 23.9 Å². The Morgan fingerprint density at radius 2 is 1.91 bits per heavy atom. The highest BCUT2D eigenvalue weighted by Crippen LogP contribution is 2.24. The molecule has 1 heterocycles. The van der Waals surface area contributed by atoms with Gasteiger partial charge in [-0.15, -0.1) is 5.10 Å². The van der Waals surface area contributed by atoms with Crippen LogP contribution in [0.3, 0.4) is 0 Å². The van der Waals surface area contributed by atoms with Gasteiger partial charge in [0.05, 0.1) is 13.2 Å². The minimum atomic E-state index is -0.285. The van der Waals surface area contributed by atoms with E-state index < -0.39 is 0 Å². The summed E-state index contributed by atoms with van der Waals surface area (Å²) in [5.41, 5.74) is 2.09. The third-order valence-electron chi connectivity index (χ3n) is 5.69. The van der Waals surface area contributed by atoms with Crippen molar-refractivity contribution in [1.29, 1.82) is 0 Å². The molecule has 0 saturated heterocycles. The highest BCUT2D eigenvalue weighted by atomic mass is 16.5. The topological polar surface area (TPSA) is 91.2 Å². The van der Waals surface area contributed by atoms with Crippen LogP contribution in [0.15, 0.2) is 48.5 Å². The molecule has 8 nitrogen and oxygen atoms in total. The Bertz CT molecular complexity index is 1120. The van der Waals surface area contributed by atoms with Crippen LogP contribution < -0.4 is 14.8 Å². The monoisotopic (exact) mass is 447 g/mol. The predicted molar refractivity (Wildman–Crippen MR) is 126 cm³/mol. The van der Waals surface area contributed by atoms with Crippen LogP contribution >= 0.6 is 0 Å². The van der Waals surface area contributed by atoms with Gasteiger partial charge >= 0.3 is 0 Å². The van der Waals surface area contributed by atoms with Gasteiger partial charge in [-0.25, -0.2) is 0 Å². The molecule has 3 aromatic rings. The molecule has 1 aliphatic rings. The zero-order chi connectivity index (χ0) is 23.0. The quantitative estimate of drug-likeness (QED) is 0.525. The summed E-state index contributed by atoms with van der Waals surface area (Å²) < 4.78 is 12.9. The number of hydrogen-bond donors (Lipinski definition) is 1. The van der Waals surface area contributed by atoms with Crippen LogP contribution in [-0.4, -0.2) is 39.3 Å². The van der Waals surface area contributed by atoms with E-state index in [0.717, 1.165) is 29.7 Å². The fraction of sp³-hybridized carbons (Fsp3) is 0.360. The summed E-state index contributed by atoms with van der Waals surface area (Å²) in [6, 6.07) is 15.3. The zero-order valence-corrected chi connectivity index (χ0v) is 19.0. The first-order chi connectivity index (χ1) is 16.1. The molecule has 0 unspecified atom stereocenters. The van der Waals surface area contributed by atoms with Crippen molar-refractivity contribution in [3.63, 3.8) is 0 Å². The number of carbonyl (C=O) groups excluding carboxylic acids is 1. The maximum absolute atomic E-state index is 13.2. The third-order valence-corrected chi connectivity index (χ3v) is 5.69. The van der Waals surface area contributed by atoms with Gasteiger partial charge in [-0.2, -0.15) is 4.68 Å². The normalized spacial score (nSPS) is 14.7. The lowest BCUT2D eigenvalue weighted by molar-refractivity contribution is -0.116. The molecule has 8 heteroatoms. The van der Waals surface area contributed by atoms with Crippen molar-refractivity contribution in [3.05, 3.63) is 65.5 Å². The number of nitrogens with zero attached hydrogens (tertiary/aromatic N) is 4. The fourth-order valence-electron chi connectivity index (χ4n) is 3.94. The summed E-state index contributed by atoms with van der Waals surface area (Å²) in [5.74, 6) is 1.78. The lowest BCUT2D eigenvalue weighted by Gasteiger charge is -2.23. The highest BCUT2D eigenvalue weighted by molar-refractivity contribution is 6.18. The molecule has 0 radical (unpaired) electrons. The molecule has 0 bridgehead atoms. The average Bonchev–Trinajstić information content (AvgIpc) is 3.27. The second-order valence-corrected chi connectivity index (χ2v) is 8.15. The zero-order valence-electron chi connectivity index (χ0n) is 19.0. The molecule has 1 saturated carbocycles. The van der Waals surface area contributed by atoms with Crippen LogP contribution in [0.2, 0.25) is 0 Å². The van der Waals surface area contributed by atoms with Crippen LogP contribution in [0.5, 0.6) is 11.5 Å². The van der Waals surface area contributed by atoms with Crippen molar-refractivity contribution in [1.82, 2.24) is 25.5 Å². The van der Waals surface area contributed by atoms with E-state index in [0.29, 0.717) is 23.8 Å². The van der Waals surface area contributed by atoms with E-state index in [-0.39, 0.29) is 12.0 Å². The van der Waals surface area contributed by atoms with Gasteiger partial charge in [0.15, 0.2) is 5.82 Å². The molecule has 0 atom stereocenters. The Balaban J connectivity index is 1.49. The number of nitrogens with one attached hydrogen (secondary N) is 1. The first-order valence-electron chi connectivity index (χ1n) is 11.3. The van der Waals surface area contributed by atoms with E-state index in [4.69, 9.17) is 9.47 Å². The Hall–Kier alpha value is -3.68. The Morgan fingerprint density at radius 1 is 1.12 bits per heavy atom. The largest absolute Gasteiger partial charge is 0.497 e. The number of ether oxygens (including phenoxy) is 2. The van der Waals surface area contributed by atoms with Crippen LogP contribution in [0.25, 0.3) is 11.8 Å². The number of aromatic nitrogens is 4. The number of tetrazole rings is 1. The van der Waals surface area contributed by atoms with Gasteiger partial charge in [0, 0.05) is 6.54 Å². The van der Waals surface area contributed by atoms with Crippen molar-refractivity contribution in [2.75, 3.05) is 7.11 Å². The van der Waals surface area contributed by atoms with Crippen LogP contribution in [0, 0.1) is 6.92 Å². The molecular formula is C25H29N5O3. The molecule has 2 aromatic carbocycles. The Labute approximate surface area is 193 Å². The molecule has 1 aromatic heterocycles. The van der Waals surface area contributed by atoms with E-state index in [2.05, 4.69) is 20.8 Å². The van der Waals surface area contributed by atoms with Gasteiger partial charge in [-0.3, -0.25) is 4.79 Å². The molecule has 33 heavy (non-hydrogen) atoms. The predicted octanol–water partition coefficient (Wildman–Crippen LogP) is 4.02. The standard InChI is InChI=1S/C25H29N5O3/c1-18-27-28-29-30(18)24(16-19-8-6-12-22(14-19)32-2)25(31)26-17-20-9-7-13-23(15-20)33-21-10-4-3-5-11-21/h6-9,12-16,21H,3-5,10-11,17H2,1-2H3,(H,26,31)/b24-16-. The third kappa shape index (κ3) is 5.97. The molecule has 0 spiro atoms. The number of methoxy groups -OCH3 is 1. The molecule has 172 valence electrons. The van der Waals surface area contributed by atoms with Crippen molar-refractivity contribution >= 4 is 17.7 Å². The molecule has 1 fully saturated rings. The van der Waals surface area contributed by atoms with Gasteiger partial charge < -0.3 is 14.8 Å². The summed E-state index contributed by atoms with van der Waals surface area (Å²) in [6.07, 6.45) is 7.96. The summed E-state index contributed by atoms with van der Waals surface area (Å²) in [5, 5.41) is 14.6. The average molecular weight is 448 g/mol. The fourth-order valence-corrected chi connectivity index (χ4v) is 3.94. The lowest BCUT2D eigenvalue weighted by atomic mass is 9.98. The summed E-state index contributed by atoms with van der Waals surface area (Å²) in [4.78, 5) is 13.2. The number of hydrogen-bond acceptors (Lipinski definition) is 6. The molecule has 4 rings (SSSR count). The molecule has 1 aliphatic carbocycles.